The third kappa shape index (κ3) is 4.39. The van der Waals surface area contributed by atoms with Crippen molar-refractivity contribution in [2.45, 2.75) is 31.6 Å². The molecule has 1 saturated heterocycles. The predicted octanol–water partition coefficient (Wildman–Crippen LogP) is 4.12. The van der Waals surface area contributed by atoms with Gasteiger partial charge in [0, 0.05) is 36.6 Å². The summed E-state index contributed by atoms with van der Waals surface area (Å²) in [5.41, 5.74) is 1.78. The Bertz CT molecular complexity index is 927. The topological polar surface area (TPSA) is 72.1 Å². The van der Waals surface area contributed by atoms with Gasteiger partial charge in [0.15, 0.2) is 5.82 Å². The minimum Gasteiger partial charge on any atom is -0.342 e. The maximum Gasteiger partial charge on any atom is 0.276 e. The maximum absolute atomic E-state index is 12.7. The van der Waals surface area contributed by atoms with Crippen LogP contribution in [0, 0.1) is 0 Å². The molecule has 3 heterocycles. The third-order valence-corrected chi connectivity index (χ3v) is 5.26. The van der Waals surface area contributed by atoms with Gasteiger partial charge in [0.1, 0.15) is 5.69 Å². The Kier molecular flexibility index (Phi) is 5.67. The number of pyridine rings is 1. The highest BCUT2D eigenvalue weighted by atomic mass is 35.5. The van der Waals surface area contributed by atoms with E-state index in [0.717, 1.165) is 24.9 Å². The summed E-state index contributed by atoms with van der Waals surface area (Å²) in [6.07, 6.45) is 4.77. The number of carbonyl (C=O) groups excluding carboxylic acids is 1. The molecule has 4 rings (SSSR count). The van der Waals surface area contributed by atoms with Gasteiger partial charge >= 0.3 is 0 Å². The highest BCUT2D eigenvalue weighted by molar-refractivity contribution is 6.30. The van der Waals surface area contributed by atoms with E-state index in [9.17, 15) is 4.79 Å². The molecule has 6 nitrogen and oxygen atoms in total. The van der Waals surface area contributed by atoms with Crippen LogP contribution in [0.4, 0.5) is 0 Å². The Balaban J connectivity index is 1.37. The fourth-order valence-electron chi connectivity index (χ4n) is 3.47. The molecule has 7 heteroatoms. The molecular formula is C21H21ClN4O2. The van der Waals surface area contributed by atoms with Crippen molar-refractivity contribution in [1.82, 2.24) is 20.0 Å². The van der Waals surface area contributed by atoms with Crippen molar-refractivity contribution in [1.29, 1.82) is 0 Å². The average molecular weight is 397 g/mol. The summed E-state index contributed by atoms with van der Waals surface area (Å²) in [4.78, 5) is 23.3. The number of benzene rings is 1. The molecule has 0 unspecified atom stereocenters. The number of amides is 1. The lowest BCUT2D eigenvalue weighted by Gasteiger charge is -2.31. The summed E-state index contributed by atoms with van der Waals surface area (Å²) in [7, 11) is 0. The van der Waals surface area contributed by atoms with Crippen LogP contribution in [0.25, 0.3) is 11.6 Å². The first kappa shape index (κ1) is 18.6. The molecule has 0 aliphatic carbocycles. The molecule has 144 valence electrons. The number of likely N-dealkylation sites (tertiary alicyclic amines) is 1. The molecule has 28 heavy (non-hydrogen) atoms. The number of hydrogen-bond acceptors (Lipinski definition) is 5. The quantitative estimate of drug-likeness (QED) is 0.648. The first-order valence-electron chi connectivity index (χ1n) is 9.46. The Hall–Kier alpha value is -2.73. The number of nitrogens with zero attached hydrogens (tertiary/aromatic N) is 4. The molecule has 0 bridgehead atoms. The minimum atomic E-state index is 0.0921. The smallest absolute Gasteiger partial charge is 0.276 e. The number of piperidine rings is 1. The van der Waals surface area contributed by atoms with Crippen LogP contribution in [0.15, 0.2) is 53.2 Å². The Labute approximate surface area is 168 Å². The fourth-order valence-corrected chi connectivity index (χ4v) is 3.59. The summed E-state index contributed by atoms with van der Waals surface area (Å²) < 4.78 is 5.38. The van der Waals surface area contributed by atoms with E-state index in [2.05, 4.69) is 15.1 Å². The minimum absolute atomic E-state index is 0.0921. The lowest BCUT2D eigenvalue weighted by molar-refractivity contribution is -0.132. The van der Waals surface area contributed by atoms with Gasteiger partial charge in [0.05, 0.1) is 0 Å². The van der Waals surface area contributed by atoms with E-state index in [4.69, 9.17) is 16.1 Å². The number of carbonyl (C=O) groups is 1. The highest BCUT2D eigenvalue weighted by Crippen LogP contribution is 2.27. The summed E-state index contributed by atoms with van der Waals surface area (Å²) in [6.45, 7) is 1.40. The van der Waals surface area contributed by atoms with Gasteiger partial charge in [-0.05, 0) is 49.1 Å². The van der Waals surface area contributed by atoms with E-state index >= 15 is 0 Å². The Morgan fingerprint density at radius 3 is 2.86 bits per heavy atom. The van der Waals surface area contributed by atoms with Crippen LogP contribution in [-0.2, 0) is 11.2 Å². The van der Waals surface area contributed by atoms with E-state index in [1.807, 2.05) is 47.4 Å². The molecule has 1 fully saturated rings. The van der Waals surface area contributed by atoms with E-state index in [1.54, 1.807) is 6.20 Å². The van der Waals surface area contributed by atoms with Crippen LogP contribution in [-0.4, -0.2) is 39.0 Å². The molecule has 0 saturated carbocycles. The van der Waals surface area contributed by atoms with Crippen LogP contribution in [0.2, 0.25) is 5.02 Å². The van der Waals surface area contributed by atoms with Crippen molar-refractivity contribution in [3.63, 3.8) is 0 Å². The van der Waals surface area contributed by atoms with E-state index in [0.29, 0.717) is 41.8 Å². The fraction of sp³-hybridized carbons (Fsp3) is 0.333. The molecule has 1 amide bonds. The van der Waals surface area contributed by atoms with Crippen molar-refractivity contribution in [2.75, 3.05) is 13.1 Å². The van der Waals surface area contributed by atoms with Crippen LogP contribution < -0.4 is 0 Å². The molecule has 1 aromatic carbocycles. The van der Waals surface area contributed by atoms with Gasteiger partial charge in [-0.3, -0.25) is 9.78 Å². The number of halogens is 1. The second-order valence-corrected chi connectivity index (χ2v) is 7.41. The van der Waals surface area contributed by atoms with Crippen molar-refractivity contribution >= 4 is 17.5 Å². The van der Waals surface area contributed by atoms with Gasteiger partial charge in [0.25, 0.3) is 5.89 Å². The SMILES string of the molecule is O=C(CCc1ccc(Cl)cc1)N1CCC[C@H](c2noc(-c3ccccn3)n2)C1. The predicted molar refractivity (Wildman–Crippen MR) is 106 cm³/mol. The summed E-state index contributed by atoms with van der Waals surface area (Å²) >= 11 is 5.91. The monoisotopic (exact) mass is 396 g/mol. The van der Waals surface area contributed by atoms with Crippen molar-refractivity contribution < 1.29 is 9.32 Å². The highest BCUT2D eigenvalue weighted by Gasteiger charge is 2.28. The second-order valence-electron chi connectivity index (χ2n) is 6.98. The second kappa shape index (κ2) is 8.52. The third-order valence-electron chi connectivity index (χ3n) is 5.01. The van der Waals surface area contributed by atoms with Gasteiger partial charge in [-0.1, -0.05) is 35.0 Å². The summed E-state index contributed by atoms with van der Waals surface area (Å²) in [5.74, 6) is 1.32. The molecule has 2 aromatic heterocycles. The van der Waals surface area contributed by atoms with Crippen LogP contribution in [0.1, 0.15) is 36.6 Å². The zero-order valence-corrected chi connectivity index (χ0v) is 16.2. The lowest BCUT2D eigenvalue weighted by Crippen LogP contribution is -2.39. The van der Waals surface area contributed by atoms with Gasteiger partial charge in [-0.25, -0.2) is 0 Å². The lowest BCUT2D eigenvalue weighted by atomic mass is 9.97. The molecule has 3 aromatic rings. The van der Waals surface area contributed by atoms with E-state index in [-0.39, 0.29) is 11.8 Å². The van der Waals surface area contributed by atoms with Gasteiger partial charge < -0.3 is 9.42 Å². The summed E-state index contributed by atoms with van der Waals surface area (Å²) in [5, 5.41) is 4.84. The van der Waals surface area contributed by atoms with Crippen LogP contribution in [0.5, 0.6) is 0 Å². The van der Waals surface area contributed by atoms with Crippen LogP contribution >= 0.6 is 11.6 Å². The van der Waals surface area contributed by atoms with E-state index < -0.39 is 0 Å². The molecule has 0 radical (unpaired) electrons. The molecule has 0 spiro atoms. The number of aromatic nitrogens is 3. The normalized spacial score (nSPS) is 16.9. The van der Waals surface area contributed by atoms with E-state index in [1.165, 1.54) is 0 Å². The molecular weight excluding hydrogens is 376 g/mol. The van der Waals surface area contributed by atoms with Crippen molar-refractivity contribution in [2.24, 2.45) is 0 Å². The first-order chi connectivity index (χ1) is 13.7. The Morgan fingerprint density at radius 1 is 1.21 bits per heavy atom. The van der Waals surface area contributed by atoms with Crippen molar-refractivity contribution in [3.05, 3.63) is 65.1 Å². The molecule has 0 N–H and O–H groups in total. The standard InChI is InChI=1S/C21H21ClN4O2/c22-17-9-6-15(7-10-17)8-11-19(27)26-13-3-4-16(14-26)20-24-21(28-25-20)18-5-1-2-12-23-18/h1-2,5-7,9-10,12,16H,3-4,8,11,13-14H2/t16-/m0/s1. The Morgan fingerprint density at radius 2 is 2.07 bits per heavy atom. The molecule has 1 atom stereocenters. The number of rotatable bonds is 5. The number of aryl methyl sites for hydroxylation is 1. The largest absolute Gasteiger partial charge is 0.342 e. The number of hydrogen-bond donors (Lipinski definition) is 0. The average Bonchev–Trinajstić information content (AvgIpc) is 3.24. The van der Waals surface area contributed by atoms with Gasteiger partial charge in [0.2, 0.25) is 5.91 Å². The van der Waals surface area contributed by atoms with Gasteiger partial charge in [-0.2, -0.15) is 4.98 Å². The van der Waals surface area contributed by atoms with Crippen LogP contribution in [0.3, 0.4) is 0 Å². The maximum atomic E-state index is 12.7. The van der Waals surface area contributed by atoms with Crippen molar-refractivity contribution in [3.8, 4) is 11.6 Å². The van der Waals surface area contributed by atoms with Gasteiger partial charge in [-0.15, -0.1) is 0 Å². The molecule has 1 aliphatic heterocycles. The first-order valence-corrected chi connectivity index (χ1v) is 9.84. The zero-order valence-electron chi connectivity index (χ0n) is 15.4. The molecule has 1 aliphatic rings. The summed E-state index contributed by atoms with van der Waals surface area (Å²) in [6, 6.07) is 13.2. The zero-order chi connectivity index (χ0) is 19.3.